The van der Waals surface area contributed by atoms with Crippen molar-refractivity contribution in [1.29, 1.82) is 0 Å². The number of aryl methyl sites for hydroxylation is 1. The highest BCUT2D eigenvalue weighted by Crippen LogP contribution is 2.20. The highest BCUT2D eigenvalue weighted by atomic mass is 35.5. The van der Waals surface area contributed by atoms with E-state index in [1.54, 1.807) is 0 Å². The molecule has 1 aromatic rings. The molecule has 0 saturated carbocycles. The molecule has 0 aliphatic rings. The summed E-state index contributed by atoms with van der Waals surface area (Å²) < 4.78 is 0. The van der Waals surface area contributed by atoms with Crippen molar-refractivity contribution in [2.24, 2.45) is 0 Å². The quantitative estimate of drug-likeness (QED) is 0.0625. The minimum Gasteiger partial charge on any atom is -0.372 e. The van der Waals surface area contributed by atoms with Crippen molar-refractivity contribution >= 4 is 18.1 Å². The summed E-state index contributed by atoms with van der Waals surface area (Å²) in [5.74, 6) is 0. The topological polar surface area (TPSA) is 3.24 Å². The van der Waals surface area contributed by atoms with E-state index >= 15 is 0 Å². The van der Waals surface area contributed by atoms with Gasteiger partial charge >= 0.3 is 0 Å². The Morgan fingerprint density at radius 2 is 0.562 bits per heavy atom. The normalized spacial score (nSPS) is 11.2. The molecule has 2 heteroatoms. The second-order valence-electron chi connectivity index (χ2n) is 15.4. The Morgan fingerprint density at radius 3 is 0.833 bits per heavy atom. The van der Waals surface area contributed by atoms with Crippen molar-refractivity contribution in [2.75, 3.05) is 18.0 Å². The average molecular weight is 691 g/mol. The molecule has 0 fully saturated rings. The van der Waals surface area contributed by atoms with Crippen molar-refractivity contribution in [1.82, 2.24) is 0 Å². The summed E-state index contributed by atoms with van der Waals surface area (Å²) >= 11 is 0. The van der Waals surface area contributed by atoms with Crippen LogP contribution in [0.2, 0.25) is 0 Å². The highest BCUT2D eigenvalue weighted by Gasteiger charge is 2.07. The van der Waals surface area contributed by atoms with Crippen molar-refractivity contribution in [2.45, 2.75) is 245 Å². The zero-order valence-corrected chi connectivity index (χ0v) is 34.1. The van der Waals surface area contributed by atoms with Crippen LogP contribution in [0.3, 0.4) is 0 Å². The molecule has 0 atom stereocenters. The number of rotatable bonds is 38. The maximum absolute atomic E-state index is 2.72. The second kappa shape index (κ2) is 39.1. The summed E-state index contributed by atoms with van der Waals surface area (Å²) in [5, 5.41) is 0. The fraction of sp³-hybridized carbons (Fsp3) is 0.870. The van der Waals surface area contributed by atoms with Gasteiger partial charge in [-0.3, -0.25) is 0 Å². The maximum atomic E-state index is 2.72. The van der Waals surface area contributed by atoms with E-state index in [0.29, 0.717) is 0 Å². The van der Waals surface area contributed by atoms with E-state index in [1.807, 2.05) is 0 Å². The summed E-state index contributed by atoms with van der Waals surface area (Å²) in [6.07, 6.45) is 50.1. The first-order valence-corrected chi connectivity index (χ1v) is 22.2. The minimum absolute atomic E-state index is 0. The van der Waals surface area contributed by atoms with Gasteiger partial charge in [0.25, 0.3) is 0 Å². The van der Waals surface area contributed by atoms with Crippen LogP contribution < -0.4 is 4.90 Å². The van der Waals surface area contributed by atoms with Crippen molar-refractivity contribution in [3.63, 3.8) is 0 Å². The Morgan fingerprint density at radius 1 is 0.312 bits per heavy atom. The number of hydrogen-bond acceptors (Lipinski definition) is 1. The molecule has 48 heavy (non-hydrogen) atoms. The molecule has 0 N–H and O–H groups in total. The Bertz CT molecular complexity index is 679. The van der Waals surface area contributed by atoms with Gasteiger partial charge in [0, 0.05) is 18.8 Å². The standard InChI is InChI=1S/C46H87N.ClH/c1-4-7-10-12-14-16-18-20-22-24-26-28-30-32-34-36-43-47(46-41-39-45(40-42-46)38-9-6-3)44-37-35-33-31-29-27-25-23-21-19-17-15-13-11-8-5-2;/h39-42H,4-38,43-44H2,1-3H3;1H. The third-order valence-electron chi connectivity index (χ3n) is 10.7. The Hall–Kier alpha value is -0.690. The summed E-state index contributed by atoms with van der Waals surface area (Å²) in [5.41, 5.74) is 2.98. The molecule has 284 valence electrons. The molecule has 0 aliphatic heterocycles. The average Bonchev–Trinajstić information content (AvgIpc) is 3.09. The minimum atomic E-state index is 0. The van der Waals surface area contributed by atoms with Crippen LogP contribution in [0.1, 0.15) is 245 Å². The first-order chi connectivity index (χ1) is 23.3. The summed E-state index contributed by atoms with van der Waals surface area (Å²) in [6, 6.07) is 9.65. The molecule has 0 saturated heterocycles. The number of benzene rings is 1. The van der Waals surface area contributed by atoms with Crippen LogP contribution in [0, 0.1) is 0 Å². The molecule has 1 aromatic carbocycles. The lowest BCUT2D eigenvalue weighted by atomic mass is 10.0. The van der Waals surface area contributed by atoms with Crippen LogP contribution in [0.4, 0.5) is 5.69 Å². The third-order valence-corrected chi connectivity index (χ3v) is 10.7. The lowest BCUT2D eigenvalue weighted by Gasteiger charge is -2.25. The van der Waals surface area contributed by atoms with Crippen molar-refractivity contribution in [3.05, 3.63) is 29.8 Å². The zero-order valence-electron chi connectivity index (χ0n) is 33.3. The van der Waals surface area contributed by atoms with Crippen LogP contribution in [0.15, 0.2) is 24.3 Å². The molecular weight excluding hydrogens is 602 g/mol. The van der Waals surface area contributed by atoms with Crippen LogP contribution in [0.25, 0.3) is 0 Å². The van der Waals surface area contributed by atoms with Gasteiger partial charge < -0.3 is 4.90 Å². The molecule has 0 bridgehead atoms. The van der Waals surface area contributed by atoms with Gasteiger partial charge in [0.1, 0.15) is 0 Å². The van der Waals surface area contributed by atoms with Crippen molar-refractivity contribution in [3.8, 4) is 0 Å². The van der Waals surface area contributed by atoms with E-state index in [4.69, 9.17) is 0 Å². The Labute approximate surface area is 310 Å². The fourth-order valence-electron chi connectivity index (χ4n) is 7.33. The highest BCUT2D eigenvalue weighted by molar-refractivity contribution is 5.85. The Balaban J connectivity index is 0.0000221. The maximum Gasteiger partial charge on any atom is 0.0366 e. The largest absolute Gasteiger partial charge is 0.372 e. The molecular formula is C46H88ClN. The molecule has 0 radical (unpaired) electrons. The number of unbranched alkanes of at least 4 members (excludes halogenated alkanes) is 31. The van der Waals surface area contributed by atoms with Gasteiger partial charge in [-0.25, -0.2) is 0 Å². The van der Waals surface area contributed by atoms with E-state index in [0.717, 1.165) is 0 Å². The van der Waals surface area contributed by atoms with E-state index in [-0.39, 0.29) is 12.4 Å². The van der Waals surface area contributed by atoms with Crippen LogP contribution in [-0.4, -0.2) is 13.1 Å². The predicted octanol–water partition coefficient (Wildman–Crippen LogP) is 16.8. The SMILES string of the molecule is CCCCCCCCCCCCCCCCCCN(CCCCCCCCCCCCCCCCCC)c1ccc(CCCC)cc1.Cl. The van der Waals surface area contributed by atoms with E-state index < -0.39 is 0 Å². The van der Waals surface area contributed by atoms with Gasteiger partial charge in [-0.15, -0.1) is 12.4 Å². The fourth-order valence-corrected chi connectivity index (χ4v) is 7.33. The van der Waals surface area contributed by atoms with Gasteiger partial charge in [0.2, 0.25) is 0 Å². The van der Waals surface area contributed by atoms with Gasteiger partial charge in [-0.2, -0.15) is 0 Å². The molecule has 0 heterocycles. The molecule has 0 aliphatic carbocycles. The van der Waals surface area contributed by atoms with Crippen molar-refractivity contribution < 1.29 is 0 Å². The molecule has 0 spiro atoms. The molecule has 1 nitrogen and oxygen atoms in total. The van der Waals surface area contributed by atoms with Crippen LogP contribution in [-0.2, 0) is 6.42 Å². The van der Waals surface area contributed by atoms with Crippen LogP contribution >= 0.6 is 12.4 Å². The lowest BCUT2D eigenvalue weighted by Crippen LogP contribution is -2.25. The van der Waals surface area contributed by atoms with Gasteiger partial charge in [0.05, 0.1) is 0 Å². The number of halogens is 1. The molecule has 1 rings (SSSR count). The van der Waals surface area contributed by atoms with E-state index in [1.165, 1.54) is 249 Å². The monoisotopic (exact) mass is 690 g/mol. The zero-order chi connectivity index (χ0) is 33.7. The first-order valence-electron chi connectivity index (χ1n) is 22.2. The van der Waals surface area contributed by atoms with Gasteiger partial charge in [0.15, 0.2) is 0 Å². The van der Waals surface area contributed by atoms with Gasteiger partial charge in [-0.1, -0.05) is 232 Å². The summed E-state index contributed by atoms with van der Waals surface area (Å²) in [4.78, 5) is 2.72. The van der Waals surface area contributed by atoms with Crippen LogP contribution in [0.5, 0.6) is 0 Å². The number of nitrogens with zero attached hydrogens (tertiary/aromatic N) is 1. The van der Waals surface area contributed by atoms with E-state index in [2.05, 4.69) is 49.9 Å². The molecule has 0 amide bonds. The van der Waals surface area contributed by atoms with E-state index in [9.17, 15) is 0 Å². The predicted molar refractivity (Wildman–Crippen MR) is 224 cm³/mol. The summed E-state index contributed by atoms with van der Waals surface area (Å²) in [6.45, 7) is 9.40. The smallest absolute Gasteiger partial charge is 0.0366 e. The first kappa shape index (κ1) is 47.3. The second-order valence-corrected chi connectivity index (χ2v) is 15.4. The molecule has 0 aromatic heterocycles. The third kappa shape index (κ3) is 31.3. The number of anilines is 1. The summed E-state index contributed by atoms with van der Waals surface area (Å²) in [7, 11) is 0. The molecule has 0 unspecified atom stereocenters. The Kier molecular flexibility index (Phi) is 38.5. The number of hydrogen-bond donors (Lipinski definition) is 0. The lowest BCUT2D eigenvalue weighted by molar-refractivity contribution is 0.524. The van der Waals surface area contributed by atoms with Gasteiger partial charge in [-0.05, 0) is 43.4 Å².